The molecular formula is C9H12O5. The summed E-state index contributed by atoms with van der Waals surface area (Å²) < 4.78 is 9.07. The highest BCUT2D eigenvalue weighted by atomic mass is 16.7. The molecule has 0 bridgehead atoms. The number of esters is 2. The van der Waals surface area contributed by atoms with E-state index in [1.165, 1.54) is 14.0 Å². The fourth-order valence-electron chi connectivity index (χ4n) is 1.19. The number of hydrogen-bond acceptors (Lipinski definition) is 5. The SMILES string of the molecule is COC(=O)C[C@]1(O)OC(=O)C(C)=C1C. The minimum Gasteiger partial charge on any atom is -0.469 e. The molecule has 0 aromatic rings. The monoisotopic (exact) mass is 200 g/mol. The van der Waals surface area contributed by atoms with Crippen molar-refractivity contribution in [1.29, 1.82) is 0 Å². The summed E-state index contributed by atoms with van der Waals surface area (Å²) in [5, 5.41) is 9.80. The van der Waals surface area contributed by atoms with Gasteiger partial charge in [-0.1, -0.05) is 0 Å². The van der Waals surface area contributed by atoms with E-state index in [1.54, 1.807) is 6.92 Å². The molecule has 1 rings (SSSR count). The summed E-state index contributed by atoms with van der Waals surface area (Å²) in [6, 6.07) is 0. The van der Waals surface area contributed by atoms with E-state index in [1.807, 2.05) is 0 Å². The summed E-state index contributed by atoms with van der Waals surface area (Å²) in [7, 11) is 1.20. The highest BCUT2D eigenvalue weighted by Crippen LogP contribution is 2.32. The van der Waals surface area contributed by atoms with E-state index in [4.69, 9.17) is 0 Å². The lowest BCUT2D eigenvalue weighted by Gasteiger charge is -2.21. The molecule has 1 N–H and O–H groups in total. The summed E-state index contributed by atoms with van der Waals surface area (Å²) in [6.07, 6.45) is -0.377. The zero-order chi connectivity index (χ0) is 10.9. The Bertz CT molecular complexity index is 317. The molecule has 0 saturated heterocycles. The first-order chi connectivity index (χ1) is 6.40. The van der Waals surface area contributed by atoms with Crippen LogP contribution >= 0.6 is 0 Å². The molecule has 0 aromatic heterocycles. The largest absolute Gasteiger partial charge is 0.469 e. The van der Waals surface area contributed by atoms with Crippen molar-refractivity contribution in [2.45, 2.75) is 26.1 Å². The van der Waals surface area contributed by atoms with Crippen LogP contribution in [0.15, 0.2) is 11.1 Å². The van der Waals surface area contributed by atoms with E-state index in [0.717, 1.165) is 0 Å². The van der Waals surface area contributed by atoms with Gasteiger partial charge in [0.25, 0.3) is 0 Å². The molecule has 0 unspecified atom stereocenters. The van der Waals surface area contributed by atoms with Crippen molar-refractivity contribution in [2.24, 2.45) is 0 Å². The number of rotatable bonds is 2. The molecule has 0 fully saturated rings. The molecule has 1 aliphatic heterocycles. The van der Waals surface area contributed by atoms with Crippen LogP contribution in [-0.2, 0) is 19.1 Å². The normalized spacial score (nSPS) is 26.4. The highest BCUT2D eigenvalue weighted by molar-refractivity contribution is 5.92. The predicted molar refractivity (Wildman–Crippen MR) is 46.0 cm³/mol. The van der Waals surface area contributed by atoms with E-state index < -0.39 is 17.7 Å². The van der Waals surface area contributed by atoms with Gasteiger partial charge in [-0.3, -0.25) is 4.79 Å². The van der Waals surface area contributed by atoms with Gasteiger partial charge in [-0.15, -0.1) is 0 Å². The average Bonchev–Trinajstić information content (AvgIpc) is 2.30. The predicted octanol–water partition coefficient (Wildman–Crippen LogP) is 0.131. The number of ether oxygens (including phenoxy) is 2. The molecule has 78 valence electrons. The number of carbonyl (C=O) groups is 2. The van der Waals surface area contributed by atoms with Crippen LogP contribution in [0.1, 0.15) is 20.3 Å². The summed E-state index contributed by atoms with van der Waals surface area (Å²) in [6.45, 7) is 3.08. The molecule has 1 heterocycles. The van der Waals surface area contributed by atoms with Gasteiger partial charge in [0, 0.05) is 11.1 Å². The van der Waals surface area contributed by atoms with Gasteiger partial charge in [0.1, 0.15) is 6.42 Å². The molecule has 1 aliphatic rings. The Balaban J connectivity index is 2.88. The molecule has 5 nitrogen and oxygen atoms in total. The minimum atomic E-state index is -1.83. The summed E-state index contributed by atoms with van der Waals surface area (Å²) in [4.78, 5) is 22.0. The third-order valence-corrected chi connectivity index (χ3v) is 2.33. The molecule has 0 amide bonds. The summed E-state index contributed by atoms with van der Waals surface area (Å²) >= 11 is 0. The quantitative estimate of drug-likeness (QED) is 0.641. The maximum atomic E-state index is 11.1. The fraction of sp³-hybridized carbons (Fsp3) is 0.556. The molecule has 0 spiro atoms. The first-order valence-corrected chi connectivity index (χ1v) is 4.11. The third-order valence-electron chi connectivity index (χ3n) is 2.33. The lowest BCUT2D eigenvalue weighted by Crippen LogP contribution is -2.34. The van der Waals surface area contributed by atoms with Crippen molar-refractivity contribution in [1.82, 2.24) is 0 Å². The van der Waals surface area contributed by atoms with Crippen LogP contribution in [0.4, 0.5) is 0 Å². The molecule has 0 aliphatic carbocycles. The van der Waals surface area contributed by atoms with E-state index in [0.29, 0.717) is 11.1 Å². The second-order valence-corrected chi connectivity index (χ2v) is 3.18. The van der Waals surface area contributed by atoms with Crippen LogP contribution in [0.25, 0.3) is 0 Å². The van der Waals surface area contributed by atoms with Gasteiger partial charge in [-0.05, 0) is 13.8 Å². The molecule has 5 heteroatoms. The standard InChI is InChI=1S/C9H12O5/c1-5-6(2)9(12,14-8(5)11)4-7(10)13-3/h12H,4H2,1-3H3/t9-/m0/s1. The molecule has 0 aromatic carbocycles. The molecule has 14 heavy (non-hydrogen) atoms. The third kappa shape index (κ3) is 1.63. The Hall–Kier alpha value is -1.36. The van der Waals surface area contributed by atoms with Gasteiger partial charge in [0.05, 0.1) is 7.11 Å². The molecular weight excluding hydrogens is 188 g/mol. The van der Waals surface area contributed by atoms with Crippen molar-refractivity contribution in [3.63, 3.8) is 0 Å². The first-order valence-electron chi connectivity index (χ1n) is 4.11. The van der Waals surface area contributed by atoms with Crippen molar-refractivity contribution in [3.8, 4) is 0 Å². The van der Waals surface area contributed by atoms with E-state index in [9.17, 15) is 14.7 Å². The highest BCUT2D eigenvalue weighted by Gasteiger charge is 2.44. The zero-order valence-corrected chi connectivity index (χ0v) is 8.29. The van der Waals surface area contributed by atoms with Gasteiger partial charge in [-0.25, -0.2) is 4.79 Å². The van der Waals surface area contributed by atoms with Crippen LogP contribution in [0.2, 0.25) is 0 Å². The number of hydrogen-bond donors (Lipinski definition) is 1. The van der Waals surface area contributed by atoms with Crippen molar-refractivity contribution >= 4 is 11.9 Å². The Kier molecular flexibility index (Phi) is 2.62. The van der Waals surface area contributed by atoms with Crippen molar-refractivity contribution < 1.29 is 24.2 Å². The van der Waals surface area contributed by atoms with Crippen LogP contribution in [0, 0.1) is 0 Å². The van der Waals surface area contributed by atoms with Gasteiger partial charge in [-0.2, -0.15) is 0 Å². The summed E-state index contributed by atoms with van der Waals surface area (Å²) in [5.74, 6) is -3.06. The number of aliphatic hydroxyl groups is 1. The van der Waals surface area contributed by atoms with Crippen LogP contribution in [-0.4, -0.2) is 29.9 Å². The van der Waals surface area contributed by atoms with Crippen LogP contribution < -0.4 is 0 Å². The second kappa shape index (κ2) is 3.42. The van der Waals surface area contributed by atoms with E-state index in [-0.39, 0.29) is 6.42 Å². The van der Waals surface area contributed by atoms with E-state index >= 15 is 0 Å². The number of methoxy groups -OCH3 is 1. The fourth-order valence-corrected chi connectivity index (χ4v) is 1.19. The van der Waals surface area contributed by atoms with Gasteiger partial charge in [0.15, 0.2) is 0 Å². The van der Waals surface area contributed by atoms with Gasteiger partial charge < -0.3 is 14.6 Å². The average molecular weight is 200 g/mol. The van der Waals surface area contributed by atoms with Crippen LogP contribution in [0.5, 0.6) is 0 Å². The van der Waals surface area contributed by atoms with Crippen molar-refractivity contribution in [2.75, 3.05) is 7.11 Å². The van der Waals surface area contributed by atoms with Gasteiger partial charge >= 0.3 is 11.9 Å². The zero-order valence-electron chi connectivity index (χ0n) is 8.29. The minimum absolute atomic E-state index is 0.330. The molecule has 0 saturated carbocycles. The lowest BCUT2D eigenvalue weighted by atomic mass is 10.0. The summed E-state index contributed by atoms with van der Waals surface area (Å²) in [5.41, 5.74) is 0.685. The Labute approximate surface area is 81.3 Å². The maximum Gasteiger partial charge on any atom is 0.336 e. The van der Waals surface area contributed by atoms with Gasteiger partial charge in [0.2, 0.25) is 5.79 Å². The Morgan fingerprint density at radius 3 is 2.50 bits per heavy atom. The maximum absolute atomic E-state index is 11.1. The molecule has 0 radical (unpaired) electrons. The van der Waals surface area contributed by atoms with Crippen molar-refractivity contribution in [3.05, 3.63) is 11.1 Å². The van der Waals surface area contributed by atoms with E-state index in [2.05, 4.69) is 9.47 Å². The smallest absolute Gasteiger partial charge is 0.336 e. The molecule has 1 atom stereocenters. The Morgan fingerprint density at radius 2 is 2.14 bits per heavy atom. The topological polar surface area (TPSA) is 72.8 Å². The Morgan fingerprint density at radius 1 is 1.57 bits per heavy atom. The first kappa shape index (κ1) is 10.7. The second-order valence-electron chi connectivity index (χ2n) is 3.18. The number of carbonyl (C=O) groups excluding carboxylic acids is 2. The lowest BCUT2D eigenvalue weighted by molar-refractivity contribution is -0.189. The number of cyclic esters (lactones) is 1. The van der Waals surface area contributed by atoms with Crippen LogP contribution in [0.3, 0.4) is 0 Å².